The Kier molecular flexibility index (Phi) is 5.35. The number of benzene rings is 2. The molecule has 4 aromatic rings. The molecular formula is C21H15FN4O2S. The van der Waals surface area contributed by atoms with Gasteiger partial charge >= 0.3 is 5.97 Å². The Morgan fingerprint density at radius 3 is 2.45 bits per heavy atom. The zero-order valence-electron chi connectivity index (χ0n) is 15.1. The predicted octanol–water partition coefficient (Wildman–Crippen LogP) is 4.46. The summed E-state index contributed by atoms with van der Waals surface area (Å²) >= 11 is 1.46. The number of nitrogens with zero attached hydrogens (tertiary/aromatic N) is 4. The SMILES string of the molecule is O=C(O)c1ccc(CSc2nnc(-c3cccnc3)n2-c2ccc(F)cc2)cc1. The molecule has 0 unspecified atom stereocenters. The summed E-state index contributed by atoms with van der Waals surface area (Å²) in [6, 6.07) is 16.5. The number of aromatic carboxylic acids is 1. The molecule has 0 fully saturated rings. The van der Waals surface area contributed by atoms with Gasteiger partial charge in [-0.1, -0.05) is 23.9 Å². The van der Waals surface area contributed by atoms with E-state index < -0.39 is 5.97 Å². The minimum absolute atomic E-state index is 0.243. The third kappa shape index (κ3) is 4.17. The molecule has 0 atom stereocenters. The monoisotopic (exact) mass is 406 g/mol. The topological polar surface area (TPSA) is 80.9 Å². The molecule has 0 aliphatic rings. The van der Waals surface area contributed by atoms with Gasteiger partial charge in [-0.15, -0.1) is 10.2 Å². The summed E-state index contributed by atoms with van der Waals surface area (Å²) in [6.45, 7) is 0. The Morgan fingerprint density at radius 2 is 1.79 bits per heavy atom. The van der Waals surface area contributed by atoms with Gasteiger partial charge in [0.25, 0.3) is 0 Å². The van der Waals surface area contributed by atoms with Crippen molar-refractivity contribution in [2.45, 2.75) is 10.9 Å². The fourth-order valence-corrected chi connectivity index (χ4v) is 3.67. The summed E-state index contributed by atoms with van der Waals surface area (Å²) in [4.78, 5) is 15.1. The summed E-state index contributed by atoms with van der Waals surface area (Å²) in [5, 5.41) is 18.3. The summed E-state index contributed by atoms with van der Waals surface area (Å²) in [5.74, 6) is -0.0982. The maximum absolute atomic E-state index is 13.4. The van der Waals surface area contributed by atoms with Gasteiger partial charge in [0.05, 0.1) is 5.56 Å². The lowest BCUT2D eigenvalue weighted by molar-refractivity contribution is 0.0697. The van der Waals surface area contributed by atoms with Crippen molar-refractivity contribution < 1.29 is 14.3 Å². The average molecular weight is 406 g/mol. The van der Waals surface area contributed by atoms with E-state index in [1.54, 1.807) is 48.8 Å². The third-order valence-electron chi connectivity index (χ3n) is 4.21. The highest BCUT2D eigenvalue weighted by Crippen LogP contribution is 2.29. The van der Waals surface area contributed by atoms with E-state index in [0.29, 0.717) is 16.7 Å². The molecular weight excluding hydrogens is 391 g/mol. The van der Waals surface area contributed by atoms with Crippen molar-refractivity contribution >= 4 is 17.7 Å². The van der Waals surface area contributed by atoms with Crippen molar-refractivity contribution in [2.24, 2.45) is 0 Å². The standard InChI is InChI=1S/C21H15FN4O2S/c22-17-7-9-18(10-8-17)26-19(16-2-1-11-23-12-16)24-25-21(26)29-13-14-3-5-15(6-4-14)20(27)28/h1-12H,13H2,(H,27,28). The number of hydrogen-bond acceptors (Lipinski definition) is 5. The number of aromatic nitrogens is 4. The maximum Gasteiger partial charge on any atom is 0.335 e. The number of hydrogen-bond donors (Lipinski definition) is 1. The van der Waals surface area contributed by atoms with E-state index in [1.165, 1.54) is 23.9 Å². The van der Waals surface area contributed by atoms with Crippen LogP contribution in [-0.4, -0.2) is 30.8 Å². The lowest BCUT2D eigenvalue weighted by Crippen LogP contribution is -2.00. The van der Waals surface area contributed by atoms with Gasteiger partial charge in [-0.05, 0) is 54.1 Å². The van der Waals surface area contributed by atoms with Crippen molar-refractivity contribution in [1.29, 1.82) is 0 Å². The molecule has 0 bridgehead atoms. The van der Waals surface area contributed by atoms with Crippen molar-refractivity contribution in [1.82, 2.24) is 19.7 Å². The van der Waals surface area contributed by atoms with Crippen LogP contribution in [0.15, 0.2) is 78.2 Å². The second-order valence-electron chi connectivity index (χ2n) is 6.15. The molecule has 2 aromatic heterocycles. The van der Waals surface area contributed by atoms with E-state index in [0.717, 1.165) is 16.8 Å². The summed E-state index contributed by atoms with van der Waals surface area (Å²) in [6.07, 6.45) is 3.38. The molecule has 144 valence electrons. The number of pyridine rings is 1. The molecule has 0 spiro atoms. The van der Waals surface area contributed by atoms with Crippen molar-refractivity contribution in [3.63, 3.8) is 0 Å². The van der Waals surface area contributed by atoms with Crippen LogP contribution < -0.4 is 0 Å². The van der Waals surface area contributed by atoms with E-state index >= 15 is 0 Å². The van der Waals surface area contributed by atoms with Crippen LogP contribution in [-0.2, 0) is 5.75 Å². The van der Waals surface area contributed by atoms with Crippen LogP contribution >= 0.6 is 11.8 Å². The fraction of sp³-hybridized carbons (Fsp3) is 0.0476. The molecule has 29 heavy (non-hydrogen) atoms. The normalized spacial score (nSPS) is 10.8. The quantitative estimate of drug-likeness (QED) is 0.476. The zero-order valence-corrected chi connectivity index (χ0v) is 15.9. The van der Waals surface area contributed by atoms with Gasteiger partial charge in [-0.25, -0.2) is 9.18 Å². The number of carboxylic acid groups (broad SMARTS) is 1. The Hall–Kier alpha value is -3.52. The molecule has 2 aromatic carbocycles. The van der Waals surface area contributed by atoms with Crippen LogP contribution in [0.25, 0.3) is 17.1 Å². The fourth-order valence-electron chi connectivity index (χ4n) is 2.76. The minimum atomic E-state index is -0.957. The Bertz CT molecular complexity index is 1130. The first-order valence-electron chi connectivity index (χ1n) is 8.68. The predicted molar refractivity (Wildman–Crippen MR) is 108 cm³/mol. The molecule has 2 heterocycles. The first kappa shape index (κ1) is 18.8. The second-order valence-corrected chi connectivity index (χ2v) is 7.09. The van der Waals surface area contributed by atoms with Gasteiger partial charge in [0.15, 0.2) is 11.0 Å². The van der Waals surface area contributed by atoms with Gasteiger partial charge in [0.1, 0.15) is 5.82 Å². The largest absolute Gasteiger partial charge is 0.478 e. The Labute approximate surface area is 170 Å². The van der Waals surface area contributed by atoms with Crippen molar-refractivity contribution in [2.75, 3.05) is 0 Å². The van der Waals surface area contributed by atoms with Crippen LogP contribution in [0, 0.1) is 5.82 Å². The van der Waals surface area contributed by atoms with Crippen LogP contribution in [0.3, 0.4) is 0 Å². The lowest BCUT2D eigenvalue weighted by Gasteiger charge is -2.10. The van der Waals surface area contributed by atoms with Gasteiger partial charge in [-0.2, -0.15) is 0 Å². The molecule has 6 nitrogen and oxygen atoms in total. The average Bonchev–Trinajstić information content (AvgIpc) is 3.17. The van der Waals surface area contributed by atoms with Gasteiger partial charge in [0, 0.05) is 29.4 Å². The molecule has 0 saturated carbocycles. The number of rotatable bonds is 6. The first-order chi connectivity index (χ1) is 14.1. The smallest absolute Gasteiger partial charge is 0.335 e. The van der Waals surface area contributed by atoms with E-state index in [2.05, 4.69) is 15.2 Å². The highest BCUT2D eigenvalue weighted by Gasteiger charge is 2.16. The highest BCUT2D eigenvalue weighted by atomic mass is 32.2. The molecule has 0 aliphatic carbocycles. The summed E-state index contributed by atoms with van der Waals surface area (Å²) < 4.78 is 15.3. The minimum Gasteiger partial charge on any atom is -0.478 e. The highest BCUT2D eigenvalue weighted by molar-refractivity contribution is 7.98. The number of carboxylic acids is 1. The third-order valence-corrected chi connectivity index (χ3v) is 5.21. The number of thioether (sulfide) groups is 1. The zero-order chi connectivity index (χ0) is 20.2. The molecule has 0 radical (unpaired) electrons. The Morgan fingerprint density at radius 1 is 1.03 bits per heavy atom. The van der Waals surface area contributed by atoms with E-state index in [-0.39, 0.29) is 11.4 Å². The maximum atomic E-state index is 13.4. The van der Waals surface area contributed by atoms with E-state index in [1.807, 2.05) is 16.7 Å². The number of halogens is 1. The molecule has 1 N–H and O–H groups in total. The first-order valence-corrected chi connectivity index (χ1v) is 9.67. The lowest BCUT2D eigenvalue weighted by atomic mass is 10.1. The molecule has 0 amide bonds. The van der Waals surface area contributed by atoms with Crippen LogP contribution in [0.5, 0.6) is 0 Å². The van der Waals surface area contributed by atoms with E-state index in [9.17, 15) is 9.18 Å². The molecule has 4 rings (SSSR count). The van der Waals surface area contributed by atoms with Crippen LogP contribution in [0.1, 0.15) is 15.9 Å². The summed E-state index contributed by atoms with van der Waals surface area (Å²) in [5.41, 5.74) is 2.73. The second kappa shape index (κ2) is 8.24. The van der Waals surface area contributed by atoms with Gasteiger partial charge in [-0.3, -0.25) is 9.55 Å². The van der Waals surface area contributed by atoms with Crippen LogP contribution in [0.4, 0.5) is 4.39 Å². The van der Waals surface area contributed by atoms with Gasteiger partial charge in [0.2, 0.25) is 0 Å². The summed E-state index contributed by atoms with van der Waals surface area (Å²) in [7, 11) is 0. The van der Waals surface area contributed by atoms with E-state index in [4.69, 9.17) is 5.11 Å². The number of carbonyl (C=O) groups is 1. The Balaban J connectivity index is 1.67. The van der Waals surface area contributed by atoms with Crippen LogP contribution in [0.2, 0.25) is 0 Å². The van der Waals surface area contributed by atoms with Crippen molar-refractivity contribution in [3.05, 3.63) is 90.0 Å². The molecule has 8 heteroatoms. The van der Waals surface area contributed by atoms with Crippen molar-refractivity contribution in [3.8, 4) is 17.1 Å². The molecule has 0 saturated heterocycles. The molecule has 0 aliphatic heterocycles. The van der Waals surface area contributed by atoms with Gasteiger partial charge < -0.3 is 5.11 Å².